The van der Waals surface area contributed by atoms with Crippen LogP contribution in [-0.2, 0) is 10.0 Å². The molecule has 0 fully saturated rings. The SMILES string of the molecule is CCCS(=O)(=O)Nc1ccc(Cl)c(C(=O)Nc2cnc3[nH]nc(OCC)c3c2)c1F. The zero-order valence-corrected chi connectivity index (χ0v) is 17.7. The Balaban J connectivity index is 1.90. The lowest BCUT2D eigenvalue weighted by Crippen LogP contribution is -2.20. The first kappa shape index (κ1) is 21.8. The van der Waals surface area contributed by atoms with Crippen LogP contribution in [0.25, 0.3) is 11.0 Å². The van der Waals surface area contributed by atoms with Crippen LogP contribution in [0.2, 0.25) is 5.02 Å². The van der Waals surface area contributed by atoms with Crippen LogP contribution in [0.3, 0.4) is 0 Å². The molecule has 9 nitrogen and oxygen atoms in total. The number of fused-ring (bicyclic) bond motifs is 1. The number of anilines is 2. The van der Waals surface area contributed by atoms with Gasteiger partial charge in [0, 0.05) is 0 Å². The molecule has 2 aromatic heterocycles. The molecular weight excluding hydrogens is 437 g/mol. The molecule has 1 aromatic carbocycles. The van der Waals surface area contributed by atoms with E-state index in [0.29, 0.717) is 29.9 Å². The van der Waals surface area contributed by atoms with Gasteiger partial charge >= 0.3 is 0 Å². The number of halogens is 2. The summed E-state index contributed by atoms with van der Waals surface area (Å²) in [7, 11) is -3.75. The first-order chi connectivity index (χ1) is 14.3. The smallest absolute Gasteiger partial charge is 0.260 e. The summed E-state index contributed by atoms with van der Waals surface area (Å²) in [6.45, 7) is 3.86. The number of aromatic nitrogens is 3. The Morgan fingerprint density at radius 2 is 2.10 bits per heavy atom. The molecule has 3 rings (SSSR count). The van der Waals surface area contributed by atoms with E-state index in [0.717, 1.165) is 6.07 Å². The highest BCUT2D eigenvalue weighted by atomic mass is 35.5. The topological polar surface area (TPSA) is 126 Å². The second-order valence-electron chi connectivity index (χ2n) is 6.24. The van der Waals surface area contributed by atoms with E-state index in [2.05, 4.69) is 25.2 Å². The van der Waals surface area contributed by atoms with Crippen molar-refractivity contribution >= 4 is 49.9 Å². The number of benzene rings is 1. The minimum atomic E-state index is -3.75. The van der Waals surface area contributed by atoms with Gasteiger partial charge in [0.1, 0.15) is 0 Å². The number of amides is 1. The Morgan fingerprint density at radius 3 is 2.80 bits per heavy atom. The quantitative estimate of drug-likeness (QED) is 0.476. The van der Waals surface area contributed by atoms with Crippen molar-refractivity contribution in [3.8, 4) is 5.88 Å². The summed E-state index contributed by atoms with van der Waals surface area (Å²) in [4.78, 5) is 16.8. The lowest BCUT2D eigenvalue weighted by molar-refractivity contribution is 0.102. The molecular formula is C18H19ClFN5O4S. The Hall–Kier alpha value is -2.92. The molecule has 30 heavy (non-hydrogen) atoms. The van der Waals surface area contributed by atoms with E-state index in [4.69, 9.17) is 16.3 Å². The molecule has 0 aliphatic carbocycles. The summed E-state index contributed by atoms with van der Waals surface area (Å²) >= 11 is 6.01. The van der Waals surface area contributed by atoms with E-state index in [9.17, 15) is 17.6 Å². The zero-order valence-electron chi connectivity index (χ0n) is 16.1. The number of pyridine rings is 1. The minimum absolute atomic E-state index is 0.171. The Bertz CT molecular complexity index is 1200. The van der Waals surface area contributed by atoms with Gasteiger partial charge in [0.05, 0.1) is 45.9 Å². The highest BCUT2D eigenvalue weighted by molar-refractivity contribution is 7.92. The standard InChI is InChI=1S/C18H19ClFN5O4S/c1-3-7-30(27,28)25-13-6-5-12(19)14(15(13)20)17(26)22-10-8-11-16(21-9-10)23-24-18(11)29-4-2/h5-6,8-9,25H,3-4,7H2,1-2H3,(H,22,26)(H,21,23,24). The summed E-state index contributed by atoms with van der Waals surface area (Å²) in [5, 5.41) is 9.55. The van der Waals surface area contributed by atoms with Crippen molar-refractivity contribution in [1.82, 2.24) is 15.2 Å². The number of carbonyl (C=O) groups excluding carboxylic acids is 1. The summed E-state index contributed by atoms with van der Waals surface area (Å²) in [6, 6.07) is 3.97. The predicted octanol–water partition coefficient (Wildman–Crippen LogP) is 3.55. The Kier molecular flexibility index (Phi) is 6.42. The molecule has 160 valence electrons. The number of hydrogen-bond donors (Lipinski definition) is 3. The van der Waals surface area contributed by atoms with Gasteiger partial charge in [-0.25, -0.2) is 17.8 Å². The average molecular weight is 456 g/mol. The van der Waals surface area contributed by atoms with Gasteiger partial charge in [-0.1, -0.05) is 18.5 Å². The lowest BCUT2D eigenvalue weighted by Gasteiger charge is -2.13. The third-order valence-corrected chi connectivity index (χ3v) is 5.77. The summed E-state index contributed by atoms with van der Waals surface area (Å²) < 4.78 is 46.3. The maximum Gasteiger partial charge on any atom is 0.260 e. The highest BCUT2D eigenvalue weighted by Gasteiger charge is 2.22. The molecule has 0 saturated carbocycles. The van der Waals surface area contributed by atoms with Crippen molar-refractivity contribution in [3.05, 3.63) is 40.8 Å². The Morgan fingerprint density at radius 1 is 1.33 bits per heavy atom. The monoisotopic (exact) mass is 455 g/mol. The molecule has 0 radical (unpaired) electrons. The molecule has 3 aromatic rings. The molecule has 0 saturated heterocycles. The van der Waals surface area contributed by atoms with E-state index in [1.165, 1.54) is 12.3 Å². The number of nitrogens with zero attached hydrogens (tertiary/aromatic N) is 2. The van der Waals surface area contributed by atoms with Crippen LogP contribution in [0.4, 0.5) is 15.8 Å². The van der Waals surface area contributed by atoms with Crippen molar-refractivity contribution in [2.45, 2.75) is 20.3 Å². The third kappa shape index (κ3) is 4.62. The zero-order chi connectivity index (χ0) is 21.9. The fourth-order valence-electron chi connectivity index (χ4n) is 2.72. The van der Waals surface area contributed by atoms with Crippen LogP contribution in [0, 0.1) is 5.82 Å². The maximum atomic E-state index is 14.9. The molecule has 0 atom stereocenters. The fourth-order valence-corrected chi connectivity index (χ4v) is 4.08. The van der Waals surface area contributed by atoms with Crippen molar-refractivity contribution in [2.24, 2.45) is 0 Å². The van der Waals surface area contributed by atoms with Gasteiger partial charge in [-0.2, -0.15) is 0 Å². The molecule has 0 aliphatic heterocycles. The van der Waals surface area contributed by atoms with Gasteiger partial charge in [0.25, 0.3) is 5.91 Å². The molecule has 12 heteroatoms. The van der Waals surface area contributed by atoms with E-state index < -0.39 is 27.3 Å². The number of rotatable bonds is 8. The van der Waals surface area contributed by atoms with Gasteiger partial charge in [-0.3, -0.25) is 14.6 Å². The lowest BCUT2D eigenvalue weighted by atomic mass is 10.1. The van der Waals surface area contributed by atoms with Crippen LogP contribution in [-0.4, -0.2) is 41.9 Å². The van der Waals surface area contributed by atoms with Gasteiger partial charge in [-0.15, -0.1) is 5.10 Å². The maximum absolute atomic E-state index is 14.9. The van der Waals surface area contributed by atoms with Crippen molar-refractivity contribution in [3.63, 3.8) is 0 Å². The van der Waals surface area contributed by atoms with Gasteiger partial charge in [0.15, 0.2) is 11.5 Å². The van der Waals surface area contributed by atoms with Crippen LogP contribution < -0.4 is 14.8 Å². The number of ether oxygens (including phenoxy) is 1. The average Bonchev–Trinajstić information content (AvgIpc) is 3.07. The first-order valence-electron chi connectivity index (χ1n) is 9.02. The van der Waals surface area contributed by atoms with Crippen molar-refractivity contribution < 1.29 is 22.3 Å². The normalized spacial score (nSPS) is 11.5. The van der Waals surface area contributed by atoms with E-state index in [-0.39, 0.29) is 22.2 Å². The van der Waals surface area contributed by atoms with Crippen LogP contribution >= 0.6 is 11.6 Å². The van der Waals surface area contributed by atoms with Crippen molar-refractivity contribution in [2.75, 3.05) is 22.4 Å². The first-order valence-corrected chi connectivity index (χ1v) is 11.1. The highest BCUT2D eigenvalue weighted by Crippen LogP contribution is 2.28. The third-order valence-electron chi connectivity index (χ3n) is 3.98. The minimum Gasteiger partial charge on any atom is -0.476 e. The van der Waals surface area contributed by atoms with Crippen LogP contribution in [0.5, 0.6) is 5.88 Å². The predicted molar refractivity (Wildman–Crippen MR) is 112 cm³/mol. The molecule has 0 unspecified atom stereocenters. The number of hydrogen-bond acceptors (Lipinski definition) is 6. The van der Waals surface area contributed by atoms with Gasteiger partial charge in [-0.05, 0) is 31.5 Å². The van der Waals surface area contributed by atoms with Crippen LogP contribution in [0.15, 0.2) is 24.4 Å². The largest absolute Gasteiger partial charge is 0.476 e. The molecule has 0 spiro atoms. The Labute approximate surface area is 177 Å². The summed E-state index contributed by atoms with van der Waals surface area (Å²) in [5.74, 6) is -1.81. The molecule has 1 amide bonds. The van der Waals surface area contributed by atoms with E-state index in [1.54, 1.807) is 19.9 Å². The molecule has 3 N–H and O–H groups in total. The van der Waals surface area contributed by atoms with E-state index in [1.807, 2.05) is 0 Å². The van der Waals surface area contributed by atoms with Crippen molar-refractivity contribution in [1.29, 1.82) is 0 Å². The second kappa shape index (κ2) is 8.84. The number of aromatic amines is 1. The number of nitrogens with one attached hydrogen (secondary N) is 3. The molecule has 0 bridgehead atoms. The molecule has 0 aliphatic rings. The summed E-state index contributed by atoms with van der Waals surface area (Å²) in [5.41, 5.74) is -0.152. The van der Waals surface area contributed by atoms with Crippen LogP contribution in [0.1, 0.15) is 30.6 Å². The van der Waals surface area contributed by atoms with Gasteiger partial charge in [0.2, 0.25) is 15.9 Å². The summed E-state index contributed by atoms with van der Waals surface area (Å²) in [6.07, 6.45) is 1.71. The number of carbonyl (C=O) groups is 1. The van der Waals surface area contributed by atoms with E-state index >= 15 is 0 Å². The fraction of sp³-hybridized carbons (Fsp3) is 0.278. The molecule has 2 heterocycles. The second-order valence-corrected chi connectivity index (χ2v) is 8.49. The number of sulfonamides is 1. The van der Waals surface area contributed by atoms with Gasteiger partial charge < -0.3 is 10.1 Å². The number of H-pyrrole nitrogens is 1.